The third-order valence-corrected chi connectivity index (χ3v) is 3.17. The predicted molar refractivity (Wildman–Crippen MR) is 62.3 cm³/mol. The largest absolute Gasteiger partial charge is 0.364 e. The summed E-state index contributed by atoms with van der Waals surface area (Å²) >= 11 is 6.08. The van der Waals surface area contributed by atoms with Gasteiger partial charge < -0.3 is 10.1 Å². The lowest BCUT2D eigenvalue weighted by Gasteiger charge is -2.04. The van der Waals surface area contributed by atoms with E-state index in [2.05, 4.69) is 5.32 Å². The van der Waals surface area contributed by atoms with Crippen molar-refractivity contribution in [2.45, 2.75) is 12.3 Å². The molecule has 3 nitrogen and oxygen atoms in total. The predicted octanol–water partition coefficient (Wildman–Crippen LogP) is 2.16. The summed E-state index contributed by atoms with van der Waals surface area (Å²) in [4.78, 5) is 11.6. The van der Waals surface area contributed by atoms with Crippen molar-refractivity contribution in [2.75, 3.05) is 13.8 Å². The summed E-state index contributed by atoms with van der Waals surface area (Å²) in [6.45, 7) is 0.268. The smallest absolute Gasteiger partial charge is 0.225 e. The monoisotopic (exact) mass is 239 g/mol. The fourth-order valence-corrected chi connectivity index (χ4v) is 2.15. The van der Waals surface area contributed by atoms with E-state index in [9.17, 15) is 4.79 Å². The van der Waals surface area contributed by atoms with E-state index in [1.54, 1.807) is 7.11 Å². The molecule has 2 atom stereocenters. The number of methoxy groups -OCH3 is 1. The van der Waals surface area contributed by atoms with Crippen LogP contribution in [0, 0.1) is 5.92 Å². The zero-order chi connectivity index (χ0) is 11.5. The van der Waals surface area contributed by atoms with Crippen LogP contribution in [0.15, 0.2) is 24.3 Å². The second-order valence-corrected chi connectivity index (χ2v) is 4.35. The molecule has 1 N–H and O–H groups in total. The fraction of sp³-hybridized carbons (Fsp3) is 0.417. The molecule has 0 unspecified atom stereocenters. The second kappa shape index (κ2) is 4.85. The normalized spacial score (nSPS) is 22.9. The number of hydrogen-bond acceptors (Lipinski definition) is 2. The Morgan fingerprint density at radius 2 is 2.31 bits per heavy atom. The minimum atomic E-state index is 0.0479. The van der Waals surface area contributed by atoms with Gasteiger partial charge in [0.25, 0.3) is 0 Å². The van der Waals surface area contributed by atoms with Gasteiger partial charge in [-0.2, -0.15) is 0 Å². The molecule has 0 aromatic heterocycles. The highest BCUT2D eigenvalue weighted by Crippen LogP contribution is 2.49. The van der Waals surface area contributed by atoms with Gasteiger partial charge in [-0.05, 0) is 24.0 Å². The van der Waals surface area contributed by atoms with E-state index in [1.165, 1.54) is 0 Å². The van der Waals surface area contributed by atoms with Gasteiger partial charge in [0, 0.05) is 18.1 Å². The molecular formula is C12H14ClNO2. The SMILES string of the molecule is COCNC(=O)[C@@H]1C[C@H]1c1ccccc1Cl. The molecule has 0 spiro atoms. The van der Waals surface area contributed by atoms with Crippen LogP contribution in [0.25, 0.3) is 0 Å². The molecule has 4 heteroatoms. The first-order chi connectivity index (χ1) is 7.74. The summed E-state index contributed by atoms with van der Waals surface area (Å²) in [6, 6.07) is 7.69. The molecule has 2 rings (SSSR count). The number of carbonyl (C=O) groups excluding carboxylic acids is 1. The van der Waals surface area contributed by atoms with Crippen LogP contribution >= 0.6 is 11.6 Å². The van der Waals surface area contributed by atoms with E-state index in [1.807, 2.05) is 24.3 Å². The van der Waals surface area contributed by atoms with Gasteiger partial charge in [0.2, 0.25) is 5.91 Å². The molecule has 0 aliphatic heterocycles. The van der Waals surface area contributed by atoms with Crippen LogP contribution in [-0.4, -0.2) is 19.7 Å². The molecule has 1 saturated carbocycles. The van der Waals surface area contributed by atoms with Crippen LogP contribution in [-0.2, 0) is 9.53 Å². The standard InChI is InChI=1S/C12H14ClNO2/c1-16-7-14-12(15)10-6-9(10)8-4-2-3-5-11(8)13/h2-5,9-10H,6-7H2,1H3,(H,14,15)/t9-,10+/m0/s1. The summed E-state index contributed by atoms with van der Waals surface area (Å²) in [6.07, 6.45) is 0.874. The number of hydrogen-bond donors (Lipinski definition) is 1. The highest BCUT2D eigenvalue weighted by molar-refractivity contribution is 6.31. The third kappa shape index (κ3) is 2.36. The van der Waals surface area contributed by atoms with Gasteiger partial charge in [-0.15, -0.1) is 0 Å². The minimum absolute atomic E-state index is 0.0479. The molecule has 1 aromatic carbocycles. The molecule has 1 aromatic rings. The van der Waals surface area contributed by atoms with Crippen molar-refractivity contribution in [2.24, 2.45) is 5.92 Å². The minimum Gasteiger partial charge on any atom is -0.364 e. The van der Waals surface area contributed by atoms with Crippen molar-refractivity contribution in [1.29, 1.82) is 0 Å². The topological polar surface area (TPSA) is 38.3 Å². The van der Waals surface area contributed by atoms with Gasteiger partial charge in [0.05, 0.1) is 0 Å². The van der Waals surface area contributed by atoms with Gasteiger partial charge >= 0.3 is 0 Å². The van der Waals surface area contributed by atoms with Crippen LogP contribution < -0.4 is 5.32 Å². The van der Waals surface area contributed by atoms with Crippen molar-refractivity contribution in [3.8, 4) is 0 Å². The van der Waals surface area contributed by atoms with E-state index in [0.29, 0.717) is 0 Å². The van der Waals surface area contributed by atoms with E-state index in [0.717, 1.165) is 17.0 Å². The lowest BCUT2D eigenvalue weighted by atomic mass is 10.1. The quantitative estimate of drug-likeness (QED) is 0.818. The average Bonchev–Trinajstić information content (AvgIpc) is 3.06. The van der Waals surface area contributed by atoms with E-state index in [-0.39, 0.29) is 24.5 Å². The Hall–Kier alpha value is -1.06. The highest BCUT2D eigenvalue weighted by atomic mass is 35.5. The third-order valence-electron chi connectivity index (χ3n) is 2.82. The molecule has 1 aliphatic carbocycles. The lowest BCUT2D eigenvalue weighted by Crippen LogP contribution is -2.27. The van der Waals surface area contributed by atoms with Crippen LogP contribution in [0.1, 0.15) is 17.9 Å². The second-order valence-electron chi connectivity index (χ2n) is 3.94. The molecule has 0 heterocycles. The zero-order valence-corrected chi connectivity index (χ0v) is 9.83. The molecule has 1 amide bonds. The molecule has 16 heavy (non-hydrogen) atoms. The van der Waals surface area contributed by atoms with Crippen LogP contribution in [0.4, 0.5) is 0 Å². The first-order valence-corrected chi connectivity index (χ1v) is 5.63. The fourth-order valence-electron chi connectivity index (χ4n) is 1.88. The number of rotatable bonds is 4. The van der Waals surface area contributed by atoms with Gasteiger partial charge in [-0.3, -0.25) is 4.79 Å². The maximum absolute atomic E-state index is 11.6. The number of halogens is 1. The number of benzene rings is 1. The molecular weight excluding hydrogens is 226 g/mol. The molecule has 0 bridgehead atoms. The van der Waals surface area contributed by atoms with Gasteiger partial charge in [0.15, 0.2) is 0 Å². The first-order valence-electron chi connectivity index (χ1n) is 5.25. The lowest BCUT2D eigenvalue weighted by molar-refractivity contribution is -0.123. The van der Waals surface area contributed by atoms with Crippen molar-refractivity contribution in [3.05, 3.63) is 34.9 Å². The molecule has 1 fully saturated rings. The molecule has 86 valence electrons. The van der Waals surface area contributed by atoms with Crippen molar-refractivity contribution < 1.29 is 9.53 Å². The van der Waals surface area contributed by atoms with Gasteiger partial charge in [-0.25, -0.2) is 0 Å². The van der Waals surface area contributed by atoms with Crippen molar-refractivity contribution >= 4 is 17.5 Å². The molecule has 0 saturated heterocycles. The van der Waals surface area contributed by atoms with Crippen LogP contribution in [0.2, 0.25) is 5.02 Å². The molecule has 1 aliphatic rings. The van der Waals surface area contributed by atoms with Crippen LogP contribution in [0.5, 0.6) is 0 Å². The number of nitrogens with one attached hydrogen (secondary N) is 1. The number of carbonyl (C=O) groups is 1. The summed E-state index contributed by atoms with van der Waals surface area (Å²) in [7, 11) is 1.55. The molecule has 0 radical (unpaired) electrons. The Kier molecular flexibility index (Phi) is 3.46. The summed E-state index contributed by atoms with van der Waals surface area (Å²) < 4.78 is 4.80. The Balaban J connectivity index is 1.96. The van der Waals surface area contributed by atoms with Crippen molar-refractivity contribution in [3.63, 3.8) is 0 Å². The Morgan fingerprint density at radius 3 is 3.00 bits per heavy atom. The van der Waals surface area contributed by atoms with E-state index in [4.69, 9.17) is 16.3 Å². The Bertz CT molecular complexity index is 394. The summed E-state index contributed by atoms with van der Waals surface area (Å²) in [5.41, 5.74) is 1.07. The number of amides is 1. The number of ether oxygens (including phenoxy) is 1. The maximum Gasteiger partial charge on any atom is 0.225 e. The van der Waals surface area contributed by atoms with Crippen LogP contribution in [0.3, 0.4) is 0 Å². The summed E-state index contributed by atoms with van der Waals surface area (Å²) in [5.74, 6) is 0.368. The van der Waals surface area contributed by atoms with Crippen molar-refractivity contribution in [1.82, 2.24) is 5.32 Å². The zero-order valence-electron chi connectivity index (χ0n) is 9.07. The average molecular weight is 240 g/mol. The van der Waals surface area contributed by atoms with Gasteiger partial charge in [0.1, 0.15) is 6.73 Å². The summed E-state index contributed by atoms with van der Waals surface area (Å²) in [5, 5.41) is 3.45. The Labute approximate surface area is 99.7 Å². The first kappa shape index (κ1) is 11.4. The Morgan fingerprint density at radius 1 is 1.56 bits per heavy atom. The van der Waals surface area contributed by atoms with E-state index >= 15 is 0 Å². The van der Waals surface area contributed by atoms with Gasteiger partial charge in [-0.1, -0.05) is 29.8 Å². The highest BCUT2D eigenvalue weighted by Gasteiger charge is 2.44. The maximum atomic E-state index is 11.6. The van der Waals surface area contributed by atoms with E-state index < -0.39 is 0 Å².